The molecule has 1 saturated carbocycles. The minimum Gasteiger partial charge on any atom is -0.494 e. The van der Waals surface area contributed by atoms with Crippen LogP contribution in [-0.2, 0) is 0 Å². The predicted octanol–water partition coefficient (Wildman–Crippen LogP) is 7.06. The highest BCUT2D eigenvalue weighted by Gasteiger charge is 2.20. The number of aryl methyl sites for hydroxylation is 1. The molecule has 1 aliphatic rings. The van der Waals surface area contributed by atoms with E-state index in [9.17, 15) is 0 Å². The Morgan fingerprint density at radius 3 is 2.19 bits per heavy atom. The monoisotopic (exact) mass is 386 g/mol. The average Bonchev–Trinajstić information content (AvgIpc) is 3.13. The van der Waals surface area contributed by atoms with Crippen LogP contribution in [0.15, 0.2) is 24.3 Å². The largest absolute Gasteiger partial charge is 0.494 e. The standard InChI is InChI=1S/C23H34N2OS/c1-3-4-5-7-19-9-11-20(12-10-19)8-6-17-26-22-15-13-21(14-16-22)23-25-24-18(2)27-23/h13-16,19-20H,3-12,17H2,1-2H3. The molecule has 1 fully saturated rings. The molecule has 0 unspecified atom stereocenters. The number of aromatic nitrogens is 2. The molecule has 2 aromatic rings. The average molecular weight is 387 g/mol. The van der Waals surface area contributed by atoms with Gasteiger partial charge < -0.3 is 4.74 Å². The van der Waals surface area contributed by atoms with Crippen LogP contribution in [0.25, 0.3) is 10.6 Å². The molecule has 0 aliphatic heterocycles. The van der Waals surface area contributed by atoms with E-state index in [1.165, 1.54) is 64.2 Å². The first-order valence-electron chi connectivity index (χ1n) is 10.8. The van der Waals surface area contributed by atoms with Gasteiger partial charge in [0.25, 0.3) is 0 Å². The summed E-state index contributed by atoms with van der Waals surface area (Å²) in [6.45, 7) is 5.11. The molecule has 27 heavy (non-hydrogen) atoms. The van der Waals surface area contributed by atoms with E-state index in [0.29, 0.717) is 0 Å². The van der Waals surface area contributed by atoms with Crippen LogP contribution in [0.1, 0.15) is 76.1 Å². The number of unbranched alkanes of at least 4 members (excludes halogenated alkanes) is 2. The molecule has 3 nitrogen and oxygen atoms in total. The molecule has 0 bridgehead atoms. The van der Waals surface area contributed by atoms with Crippen molar-refractivity contribution in [1.82, 2.24) is 10.2 Å². The van der Waals surface area contributed by atoms with E-state index in [1.54, 1.807) is 11.3 Å². The fourth-order valence-electron chi connectivity index (χ4n) is 4.16. The predicted molar refractivity (Wildman–Crippen MR) is 114 cm³/mol. The highest BCUT2D eigenvalue weighted by atomic mass is 32.1. The number of ether oxygens (including phenoxy) is 1. The van der Waals surface area contributed by atoms with Crippen molar-refractivity contribution in [2.24, 2.45) is 11.8 Å². The van der Waals surface area contributed by atoms with Crippen LogP contribution in [0.2, 0.25) is 0 Å². The number of rotatable bonds is 10. The second-order valence-corrected chi connectivity index (χ2v) is 9.21. The Hall–Kier alpha value is -1.42. The Bertz CT molecular complexity index is 659. The highest BCUT2D eigenvalue weighted by molar-refractivity contribution is 7.14. The summed E-state index contributed by atoms with van der Waals surface area (Å²) in [5.74, 6) is 2.90. The minimum absolute atomic E-state index is 0.827. The lowest BCUT2D eigenvalue weighted by atomic mass is 9.78. The topological polar surface area (TPSA) is 35.0 Å². The summed E-state index contributed by atoms with van der Waals surface area (Å²) in [6.07, 6.45) is 14.0. The first kappa shape index (κ1) is 20.3. The maximum absolute atomic E-state index is 5.95. The van der Waals surface area contributed by atoms with Gasteiger partial charge in [0.2, 0.25) is 0 Å². The molecule has 0 spiro atoms. The molecule has 1 aromatic heterocycles. The van der Waals surface area contributed by atoms with Crippen molar-refractivity contribution in [3.05, 3.63) is 29.3 Å². The zero-order chi connectivity index (χ0) is 18.9. The number of hydrogen-bond acceptors (Lipinski definition) is 4. The van der Waals surface area contributed by atoms with Gasteiger partial charge in [-0.05, 0) is 55.9 Å². The van der Waals surface area contributed by atoms with E-state index in [1.807, 2.05) is 19.1 Å². The molecule has 0 radical (unpaired) electrons. The van der Waals surface area contributed by atoms with Gasteiger partial charge in [0.1, 0.15) is 15.8 Å². The number of nitrogens with zero attached hydrogens (tertiary/aromatic N) is 2. The molecule has 148 valence electrons. The summed E-state index contributed by atoms with van der Waals surface area (Å²) in [4.78, 5) is 0. The zero-order valence-corrected chi connectivity index (χ0v) is 17.8. The quantitative estimate of drug-likeness (QED) is 0.410. The number of hydrogen-bond donors (Lipinski definition) is 0. The van der Waals surface area contributed by atoms with E-state index < -0.39 is 0 Å². The van der Waals surface area contributed by atoms with Crippen molar-refractivity contribution >= 4 is 11.3 Å². The maximum atomic E-state index is 5.95. The molecule has 0 saturated heterocycles. The number of benzene rings is 1. The molecule has 4 heteroatoms. The van der Waals surface area contributed by atoms with Gasteiger partial charge in [0, 0.05) is 5.56 Å². The van der Waals surface area contributed by atoms with Gasteiger partial charge in [-0.25, -0.2) is 0 Å². The van der Waals surface area contributed by atoms with Gasteiger partial charge in [0.05, 0.1) is 6.61 Å². The van der Waals surface area contributed by atoms with Gasteiger partial charge in [0.15, 0.2) is 0 Å². The second kappa shape index (κ2) is 10.8. The SMILES string of the molecule is CCCCCC1CCC(CCCOc2ccc(-c3nnc(C)s3)cc2)CC1. The summed E-state index contributed by atoms with van der Waals surface area (Å²) in [7, 11) is 0. The molecule has 1 aliphatic carbocycles. The molecular weight excluding hydrogens is 352 g/mol. The molecule has 1 heterocycles. The molecule has 3 rings (SSSR count). The van der Waals surface area contributed by atoms with Crippen molar-refractivity contribution in [2.75, 3.05) is 6.61 Å². The van der Waals surface area contributed by atoms with E-state index in [4.69, 9.17) is 4.74 Å². The summed E-state index contributed by atoms with van der Waals surface area (Å²) in [5.41, 5.74) is 1.11. The van der Waals surface area contributed by atoms with Crippen LogP contribution < -0.4 is 4.74 Å². The van der Waals surface area contributed by atoms with Crippen molar-refractivity contribution < 1.29 is 4.74 Å². The third kappa shape index (κ3) is 6.60. The van der Waals surface area contributed by atoms with Gasteiger partial charge in [-0.3, -0.25) is 0 Å². The van der Waals surface area contributed by atoms with Crippen LogP contribution in [-0.4, -0.2) is 16.8 Å². The molecular formula is C23H34N2OS. The Labute approximate surface area is 168 Å². The van der Waals surface area contributed by atoms with Crippen LogP contribution in [0, 0.1) is 18.8 Å². The van der Waals surface area contributed by atoms with Crippen molar-refractivity contribution in [2.45, 2.75) is 78.1 Å². The third-order valence-corrected chi connectivity index (χ3v) is 6.72. The Morgan fingerprint density at radius 1 is 0.926 bits per heavy atom. The molecule has 0 N–H and O–H groups in total. The highest BCUT2D eigenvalue weighted by Crippen LogP contribution is 2.34. The first-order valence-corrected chi connectivity index (χ1v) is 11.6. The summed E-state index contributed by atoms with van der Waals surface area (Å²) in [5, 5.41) is 10.3. The maximum Gasteiger partial charge on any atom is 0.147 e. The van der Waals surface area contributed by atoms with Gasteiger partial charge in [-0.2, -0.15) is 0 Å². The fourth-order valence-corrected chi connectivity index (χ4v) is 4.86. The zero-order valence-electron chi connectivity index (χ0n) is 17.0. The van der Waals surface area contributed by atoms with Crippen LogP contribution in [0.3, 0.4) is 0 Å². The van der Waals surface area contributed by atoms with Crippen LogP contribution >= 0.6 is 11.3 Å². The van der Waals surface area contributed by atoms with Crippen LogP contribution in [0.5, 0.6) is 5.75 Å². The first-order chi connectivity index (χ1) is 13.2. The van der Waals surface area contributed by atoms with Crippen molar-refractivity contribution in [1.29, 1.82) is 0 Å². The fraction of sp³-hybridized carbons (Fsp3) is 0.652. The lowest BCUT2D eigenvalue weighted by molar-refractivity contribution is 0.228. The lowest BCUT2D eigenvalue weighted by Gasteiger charge is -2.28. The Balaban J connectivity index is 1.30. The Morgan fingerprint density at radius 2 is 1.59 bits per heavy atom. The van der Waals surface area contributed by atoms with E-state index in [0.717, 1.165) is 39.8 Å². The van der Waals surface area contributed by atoms with Gasteiger partial charge in [-0.1, -0.05) is 69.6 Å². The van der Waals surface area contributed by atoms with E-state index >= 15 is 0 Å². The third-order valence-electron chi connectivity index (χ3n) is 5.83. The van der Waals surface area contributed by atoms with Crippen LogP contribution in [0.4, 0.5) is 0 Å². The summed E-state index contributed by atoms with van der Waals surface area (Å²) >= 11 is 1.63. The normalized spacial score (nSPS) is 19.9. The van der Waals surface area contributed by atoms with Crippen molar-refractivity contribution in [3.8, 4) is 16.3 Å². The van der Waals surface area contributed by atoms with E-state index in [-0.39, 0.29) is 0 Å². The van der Waals surface area contributed by atoms with Gasteiger partial charge >= 0.3 is 0 Å². The summed E-state index contributed by atoms with van der Waals surface area (Å²) in [6, 6.07) is 8.26. The van der Waals surface area contributed by atoms with Crippen molar-refractivity contribution in [3.63, 3.8) is 0 Å². The lowest BCUT2D eigenvalue weighted by Crippen LogP contribution is -2.15. The Kier molecular flexibility index (Phi) is 8.12. The van der Waals surface area contributed by atoms with Gasteiger partial charge in [-0.15, -0.1) is 10.2 Å². The molecule has 0 atom stereocenters. The smallest absolute Gasteiger partial charge is 0.147 e. The second-order valence-electron chi connectivity index (χ2n) is 8.02. The molecule has 1 aromatic carbocycles. The van der Waals surface area contributed by atoms with E-state index in [2.05, 4.69) is 29.3 Å². The molecule has 0 amide bonds. The minimum atomic E-state index is 0.827. The summed E-state index contributed by atoms with van der Waals surface area (Å²) < 4.78 is 5.95.